The summed E-state index contributed by atoms with van der Waals surface area (Å²) in [6.45, 7) is 3.82. The van der Waals surface area contributed by atoms with Crippen molar-refractivity contribution in [1.29, 1.82) is 0 Å². The van der Waals surface area contributed by atoms with Gasteiger partial charge in [-0.25, -0.2) is 0 Å². The third kappa shape index (κ3) is 4.79. The number of likely N-dealkylation sites (N-methyl/N-ethyl adjacent to an activating group) is 1. The largest absolute Gasteiger partial charge is 0.462 e. The van der Waals surface area contributed by atoms with Crippen molar-refractivity contribution in [1.82, 2.24) is 4.90 Å². The zero-order valence-corrected chi connectivity index (χ0v) is 15.0. The van der Waals surface area contributed by atoms with Crippen LogP contribution in [0.2, 0.25) is 0 Å². The molecule has 0 radical (unpaired) electrons. The van der Waals surface area contributed by atoms with Crippen LogP contribution in [0.15, 0.2) is 30.3 Å². The van der Waals surface area contributed by atoms with Gasteiger partial charge in [-0.2, -0.15) is 0 Å². The van der Waals surface area contributed by atoms with Crippen LogP contribution >= 0.6 is 0 Å². The molecule has 0 saturated carbocycles. The number of epoxide rings is 1. The summed E-state index contributed by atoms with van der Waals surface area (Å²) in [5, 5.41) is 9.61. The molecular formula is C19H29NO4. The number of rotatable bonds is 9. The number of nitrogens with zero attached hydrogens (tertiary/aromatic N) is 1. The van der Waals surface area contributed by atoms with Crippen molar-refractivity contribution in [3.8, 4) is 0 Å². The number of aliphatic hydroxyl groups excluding tert-OH is 1. The first-order chi connectivity index (χ1) is 11.5. The van der Waals surface area contributed by atoms with Crippen LogP contribution in [0.3, 0.4) is 0 Å². The van der Waals surface area contributed by atoms with Crippen LogP contribution in [0, 0.1) is 0 Å². The minimum absolute atomic E-state index is 0.181. The molecule has 2 unspecified atom stereocenters. The van der Waals surface area contributed by atoms with Crippen molar-refractivity contribution in [2.24, 2.45) is 0 Å². The maximum atomic E-state index is 12.5. The Labute approximate surface area is 144 Å². The second-order valence-corrected chi connectivity index (χ2v) is 6.69. The Hall–Kier alpha value is -1.43. The summed E-state index contributed by atoms with van der Waals surface area (Å²) in [6.07, 6.45) is 1.76. The van der Waals surface area contributed by atoms with Crippen LogP contribution in [0.25, 0.3) is 0 Å². The van der Waals surface area contributed by atoms with Crippen molar-refractivity contribution in [2.75, 3.05) is 20.7 Å². The van der Waals surface area contributed by atoms with Crippen LogP contribution in [-0.4, -0.2) is 61.0 Å². The second-order valence-electron chi connectivity index (χ2n) is 6.69. The lowest BCUT2D eigenvalue weighted by molar-refractivity contribution is -0.153. The molecule has 1 aliphatic heterocycles. The summed E-state index contributed by atoms with van der Waals surface area (Å²) in [7, 11) is 4.04. The highest BCUT2D eigenvalue weighted by Crippen LogP contribution is 2.30. The van der Waals surface area contributed by atoms with E-state index in [1.165, 1.54) is 0 Å². The van der Waals surface area contributed by atoms with Gasteiger partial charge in [0.15, 0.2) is 0 Å². The molecule has 0 bridgehead atoms. The Morgan fingerprint density at radius 2 is 1.96 bits per heavy atom. The number of carbonyl (C=O) groups excluding carboxylic acids is 1. The van der Waals surface area contributed by atoms with Gasteiger partial charge in [0, 0.05) is 12.5 Å². The molecule has 5 nitrogen and oxygen atoms in total. The average molecular weight is 335 g/mol. The number of hydrogen-bond acceptors (Lipinski definition) is 5. The van der Waals surface area contributed by atoms with E-state index in [0.717, 1.165) is 18.4 Å². The molecule has 1 aliphatic rings. The lowest BCUT2D eigenvalue weighted by Crippen LogP contribution is -2.38. The number of ether oxygens (including phenoxy) is 2. The Kier molecular flexibility index (Phi) is 6.78. The van der Waals surface area contributed by atoms with E-state index in [1.807, 2.05) is 51.4 Å². The molecule has 1 fully saturated rings. The number of esters is 1. The molecule has 0 amide bonds. The predicted octanol–water partition coefficient (Wildman–Crippen LogP) is 2.19. The number of carbonyl (C=O) groups is 1. The minimum Gasteiger partial charge on any atom is -0.462 e. The number of hydrogen-bond donors (Lipinski definition) is 1. The van der Waals surface area contributed by atoms with E-state index < -0.39 is 5.92 Å². The summed E-state index contributed by atoms with van der Waals surface area (Å²) in [4.78, 5) is 14.6. The highest BCUT2D eigenvalue weighted by Gasteiger charge is 2.43. The summed E-state index contributed by atoms with van der Waals surface area (Å²) >= 11 is 0. The van der Waals surface area contributed by atoms with Gasteiger partial charge >= 0.3 is 5.97 Å². The first kappa shape index (κ1) is 18.9. The molecule has 1 saturated heterocycles. The van der Waals surface area contributed by atoms with Crippen molar-refractivity contribution in [3.63, 3.8) is 0 Å². The van der Waals surface area contributed by atoms with Gasteiger partial charge in [0.25, 0.3) is 0 Å². The van der Waals surface area contributed by atoms with E-state index in [9.17, 15) is 9.90 Å². The molecule has 2 rings (SSSR count). The number of aliphatic hydroxyl groups is 1. The van der Waals surface area contributed by atoms with Crippen LogP contribution in [-0.2, 0) is 14.3 Å². The molecule has 5 heteroatoms. The van der Waals surface area contributed by atoms with Crippen LogP contribution in [0.5, 0.6) is 0 Å². The van der Waals surface area contributed by atoms with Crippen LogP contribution in [0.1, 0.15) is 38.2 Å². The zero-order valence-electron chi connectivity index (χ0n) is 15.0. The van der Waals surface area contributed by atoms with Gasteiger partial charge in [-0.15, -0.1) is 0 Å². The molecular weight excluding hydrogens is 306 g/mol. The molecule has 24 heavy (non-hydrogen) atoms. The van der Waals surface area contributed by atoms with Gasteiger partial charge in [-0.05, 0) is 33.0 Å². The lowest BCUT2D eigenvalue weighted by Gasteiger charge is -2.28. The number of benzene rings is 1. The van der Waals surface area contributed by atoms with E-state index in [4.69, 9.17) is 9.47 Å². The normalized spacial score (nSPS) is 23.6. The van der Waals surface area contributed by atoms with Crippen molar-refractivity contribution in [2.45, 2.75) is 57.0 Å². The van der Waals surface area contributed by atoms with Gasteiger partial charge in [-0.1, -0.05) is 37.3 Å². The molecule has 1 heterocycles. The SMILES string of the molecule is CC[C@@H](C[C@@H]([C@H]1OC1C)N(C)C)OC(=O)C(CO)c1ccccc1. The van der Waals surface area contributed by atoms with Crippen molar-refractivity contribution < 1.29 is 19.4 Å². The standard InChI is InChI=1S/C19H29NO4/c1-5-15(11-17(20(3)4)18-13(2)23-18)24-19(22)16(12-21)14-9-7-6-8-10-14/h6-10,13,15-18,21H,5,11-12H2,1-4H3/t13?,15-,16?,17-,18-/m0/s1. The first-order valence-electron chi connectivity index (χ1n) is 8.66. The van der Waals surface area contributed by atoms with Gasteiger partial charge < -0.3 is 19.5 Å². The topological polar surface area (TPSA) is 62.3 Å². The summed E-state index contributed by atoms with van der Waals surface area (Å²) in [5.41, 5.74) is 0.781. The Morgan fingerprint density at radius 3 is 2.42 bits per heavy atom. The van der Waals surface area contributed by atoms with Gasteiger partial charge in [0.1, 0.15) is 12.0 Å². The summed E-state index contributed by atoms with van der Waals surface area (Å²) < 4.78 is 11.3. The molecule has 1 aromatic carbocycles. The maximum absolute atomic E-state index is 12.5. The Morgan fingerprint density at radius 1 is 1.33 bits per heavy atom. The lowest BCUT2D eigenvalue weighted by atomic mass is 9.99. The smallest absolute Gasteiger partial charge is 0.316 e. The van der Waals surface area contributed by atoms with E-state index >= 15 is 0 Å². The van der Waals surface area contributed by atoms with Crippen LogP contribution in [0.4, 0.5) is 0 Å². The second kappa shape index (κ2) is 8.60. The fourth-order valence-electron chi connectivity index (χ4n) is 3.06. The monoisotopic (exact) mass is 335 g/mol. The first-order valence-corrected chi connectivity index (χ1v) is 8.66. The van der Waals surface area contributed by atoms with E-state index in [1.54, 1.807) is 0 Å². The fourth-order valence-corrected chi connectivity index (χ4v) is 3.06. The fraction of sp³-hybridized carbons (Fsp3) is 0.632. The van der Waals surface area contributed by atoms with E-state index in [-0.39, 0.29) is 36.9 Å². The molecule has 0 spiro atoms. The van der Waals surface area contributed by atoms with E-state index in [0.29, 0.717) is 0 Å². The summed E-state index contributed by atoms with van der Waals surface area (Å²) in [6, 6.07) is 9.50. The molecule has 1 aromatic rings. The molecule has 0 aromatic heterocycles. The third-order valence-corrected chi connectivity index (χ3v) is 4.71. The average Bonchev–Trinajstić information content (AvgIpc) is 3.29. The molecule has 1 N–H and O–H groups in total. The van der Waals surface area contributed by atoms with Crippen molar-refractivity contribution >= 4 is 5.97 Å². The Balaban J connectivity index is 1.99. The molecule has 5 atom stereocenters. The molecule has 134 valence electrons. The van der Waals surface area contributed by atoms with Gasteiger partial charge in [-0.3, -0.25) is 4.79 Å². The van der Waals surface area contributed by atoms with E-state index in [2.05, 4.69) is 11.8 Å². The Bertz CT molecular complexity index is 519. The third-order valence-electron chi connectivity index (χ3n) is 4.71. The summed E-state index contributed by atoms with van der Waals surface area (Å²) in [5.74, 6) is -0.994. The van der Waals surface area contributed by atoms with Gasteiger partial charge in [0.05, 0.1) is 18.8 Å². The van der Waals surface area contributed by atoms with Gasteiger partial charge in [0.2, 0.25) is 0 Å². The quantitative estimate of drug-likeness (QED) is 0.554. The highest BCUT2D eigenvalue weighted by atomic mass is 16.6. The molecule has 0 aliphatic carbocycles. The van der Waals surface area contributed by atoms with Crippen LogP contribution < -0.4 is 0 Å². The minimum atomic E-state index is -0.630. The zero-order chi connectivity index (χ0) is 17.7. The highest BCUT2D eigenvalue weighted by molar-refractivity contribution is 5.78. The predicted molar refractivity (Wildman–Crippen MR) is 92.9 cm³/mol. The maximum Gasteiger partial charge on any atom is 0.316 e. The van der Waals surface area contributed by atoms with Crippen molar-refractivity contribution in [3.05, 3.63) is 35.9 Å².